The number of hydrogen-bond acceptors (Lipinski definition) is 5. The van der Waals surface area contributed by atoms with Gasteiger partial charge in [0.05, 0.1) is 12.8 Å². The van der Waals surface area contributed by atoms with Crippen molar-refractivity contribution in [3.8, 4) is 5.75 Å². The summed E-state index contributed by atoms with van der Waals surface area (Å²) >= 11 is 0.489. The third kappa shape index (κ3) is 6.47. The van der Waals surface area contributed by atoms with Crippen LogP contribution in [0.15, 0.2) is 29.6 Å². The topological polar surface area (TPSA) is 54.4 Å². The first kappa shape index (κ1) is 21.7. The number of halogens is 4. The van der Waals surface area contributed by atoms with Gasteiger partial charge in [-0.1, -0.05) is 12.1 Å². The van der Waals surface area contributed by atoms with E-state index in [4.69, 9.17) is 4.74 Å². The average molecular weight is 397 g/mol. The molecule has 0 spiro atoms. The maximum Gasteiger partial charge on any atom is 0.443 e. The van der Waals surface area contributed by atoms with Crippen LogP contribution < -0.4 is 10.1 Å². The Morgan fingerprint density at radius 2 is 1.92 bits per heavy atom. The van der Waals surface area contributed by atoms with E-state index in [0.29, 0.717) is 11.3 Å². The van der Waals surface area contributed by atoms with Crippen molar-refractivity contribution in [2.45, 2.75) is 31.7 Å². The lowest BCUT2D eigenvalue weighted by Gasteiger charge is -2.16. The summed E-state index contributed by atoms with van der Waals surface area (Å²) in [5, 5.41) is 13.4. The number of aliphatic hydroxyl groups is 1. The lowest BCUT2D eigenvalue weighted by molar-refractivity contribution is -0.137. The van der Waals surface area contributed by atoms with Crippen molar-refractivity contribution >= 4 is 23.7 Å². The molecule has 0 amide bonds. The molecule has 0 aliphatic rings. The lowest BCUT2D eigenvalue weighted by atomic mass is 10.1. The quantitative estimate of drug-likeness (QED) is 0.746. The summed E-state index contributed by atoms with van der Waals surface area (Å²) in [5.74, 6) is 0.777. The van der Waals surface area contributed by atoms with E-state index in [2.05, 4.69) is 10.3 Å². The van der Waals surface area contributed by atoms with E-state index in [-0.39, 0.29) is 30.7 Å². The van der Waals surface area contributed by atoms with Crippen molar-refractivity contribution in [1.29, 1.82) is 0 Å². The second kappa shape index (κ2) is 9.38. The fourth-order valence-corrected chi connectivity index (χ4v) is 2.91. The second-order valence-corrected chi connectivity index (χ2v) is 6.31. The van der Waals surface area contributed by atoms with Crippen LogP contribution in [0.4, 0.5) is 13.2 Å². The number of ether oxygens (including phenoxy) is 1. The number of hydrogen-bond donors (Lipinski definition) is 2. The minimum atomic E-state index is -4.47. The minimum Gasteiger partial charge on any atom is -0.497 e. The number of alkyl halides is 3. The Kier molecular flexibility index (Phi) is 8.14. The highest BCUT2D eigenvalue weighted by Crippen LogP contribution is 2.32. The van der Waals surface area contributed by atoms with Crippen LogP contribution in [0.5, 0.6) is 5.75 Å². The highest BCUT2D eigenvalue weighted by Gasteiger charge is 2.35. The van der Waals surface area contributed by atoms with Crippen LogP contribution in [0.2, 0.25) is 0 Å². The molecule has 2 N–H and O–H groups in total. The summed E-state index contributed by atoms with van der Waals surface area (Å²) in [6.45, 7) is 2.08. The molecule has 0 bridgehead atoms. The van der Waals surface area contributed by atoms with Gasteiger partial charge in [-0.3, -0.25) is 0 Å². The number of aliphatic hydroxyl groups excluding tert-OH is 1. The summed E-state index contributed by atoms with van der Waals surface area (Å²) < 4.78 is 42.6. The third-order valence-electron chi connectivity index (χ3n) is 3.47. The van der Waals surface area contributed by atoms with Crippen molar-refractivity contribution in [3.05, 3.63) is 45.9 Å². The van der Waals surface area contributed by atoms with Gasteiger partial charge < -0.3 is 15.2 Å². The Morgan fingerprint density at radius 1 is 1.28 bits per heavy atom. The predicted octanol–water partition coefficient (Wildman–Crippen LogP) is 3.85. The van der Waals surface area contributed by atoms with E-state index in [1.807, 2.05) is 31.2 Å². The first-order valence-electron chi connectivity index (χ1n) is 7.36. The van der Waals surface area contributed by atoms with Gasteiger partial charge in [-0.15, -0.1) is 23.7 Å². The van der Waals surface area contributed by atoms with Gasteiger partial charge in [-0.25, -0.2) is 4.98 Å². The maximum atomic E-state index is 12.5. The van der Waals surface area contributed by atoms with E-state index in [9.17, 15) is 18.3 Å². The summed E-state index contributed by atoms with van der Waals surface area (Å²) in [6, 6.07) is 7.68. The van der Waals surface area contributed by atoms with Gasteiger partial charge in [-0.2, -0.15) is 13.2 Å². The Morgan fingerprint density at radius 3 is 2.44 bits per heavy atom. The molecular weight excluding hydrogens is 377 g/mol. The first-order chi connectivity index (χ1) is 11.3. The zero-order chi connectivity index (χ0) is 17.7. The fraction of sp³-hybridized carbons (Fsp3) is 0.438. The number of methoxy groups -OCH3 is 1. The van der Waals surface area contributed by atoms with Crippen molar-refractivity contribution in [1.82, 2.24) is 10.3 Å². The monoisotopic (exact) mass is 396 g/mol. The van der Waals surface area contributed by atoms with Crippen LogP contribution in [-0.4, -0.2) is 29.8 Å². The highest BCUT2D eigenvalue weighted by molar-refractivity contribution is 7.09. The Labute approximate surface area is 154 Å². The second-order valence-electron chi connectivity index (χ2n) is 5.45. The largest absolute Gasteiger partial charge is 0.497 e. The molecule has 1 aromatic heterocycles. The molecule has 25 heavy (non-hydrogen) atoms. The Bertz CT molecular complexity index is 650. The minimum absolute atomic E-state index is 0. The molecule has 0 saturated heterocycles. The molecule has 140 valence electrons. The molecule has 4 nitrogen and oxygen atoms in total. The lowest BCUT2D eigenvalue weighted by Crippen LogP contribution is -2.32. The summed E-state index contributed by atoms with van der Waals surface area (Å²) in [6.07, 6.45) is -4.82. The van der Waals surface area contributed by atoms with Gasteiger partial charge in [-0.05, 0) is 31.0 Å². The van der Waals surface area contributed by atoms with Crippen molar-refractivity contribution in [2.75, 3.05) is 13.7 Å². The first-order valence-corrected chi connectivity index (χ1v) is 8.24. The highest BCUT2D eigenvalue weighted by atomic mass is 35.5. The van der Waals surface area contributed by atoms with Crippen molar-refractivity contribution < 1.29 is 23.0 Å². The van der Waals surface area contributed by atoms with Gasteiger partial charge in [0.25, 0.3) is 0 Å². The van der Waals surface area contributed by atoms with Crippen LogP contribution in [0.1, 0.15) is 29.3 Å². The van der Waals surface area contributed by atoms with Crippen molar-refractivity contribution in [2.24, 2.45) is 0 Å². The SMILES string of the molecule is COc1ccc(CC(C)NCC(O)c2csc(C(F)(F)F)n2)cc1.Cl. The average Bonchev–Trinajstić information content (AvgIpc) is 3.03. The zero-order valence-corrected chi connectivity index (χ0v) is 15.3. The summed E-state index contributed by atoms with van der Waals surface area (Å²) in [7, 11) is 1.60. The van der Waals surface area contributed by atoms with Crippen LogP contribution in [0, 0.1) is 0 Å². The molecule has 0 radical (unpaired) electrons. The molecule has 9 heteroatoms. The van der Waals surface area contributed by atoms with Gasteiger partial charge in [0.15, 0.2) is 5.01 Å². The van der Waals surface area contributed by atoms with Crippen LogP contribution in [0.25, 0.3) is 0 Å². The van der Waals surface area contributed by atoms with E-state index in [1.54, 1.807) is 7.11 Å². The molecule has 0 aliphatic heterocycles. The van der Waals surface area contributed by atoms with E-state index in [0.717, 1.165) is 17.7 Å². The standard InChI is InChI=1S/C16H19F3N2O2S.ClH/c1-10(7-11-3-5-12(23-2)6-4-11)20-8-14(22)13-9-24-15(21-13)16(17,18)19;/h3-6,9-10,14,20,22H,7-8H2,1-2H3;1H. The molecule has 2 rings (SSSR count). The van der Waals surface area contributed by atoms with E-state index in [1.165, 1.54) is 5.38 Å². The number of aromatic nitrogens is 1. The van der Waals surface area contributed by atoms with Crippen LogP contribution >= 0.6 is 23.7 Å². The normalized spacial score (nSPS) is 13.8. The molecule has 1 aromatic carbocycles. The van der Waals surface area contributed by atoms with Crippen LogP contribution in [0.3, 0.4) is 0 Å². The van der Waals surface area contributed by atoms with Gasteiger partial charge in [0.1, 0.15) is 11.9 Å². The number of nitrogens with one attached hydrogen (secondary N) is 1. The van der Waals surface area contributed by atoms with Crippen molar-refractivity contribution in [3.63, 3.8) is 0 Å². The van der Waals surface area contributed by atoms with Gasteiger partial charge >= 0.3 is 6.18 Å². The van der Waals surface area contributed by atoms with Gasteiger partial charge in [0, 0.05) is 18.0 Å². The number of benzene rings is 1. The molecule has 0 saturated carbocycles. The van der Waals surface area contributed by atoms with Crippen LogP contribution in [-0.2, 0) is 12.6 Å². The Hall–Kier alpha value is -1.35. The smallest absolute Gasteiger partial charge is 0.443 e. The summed E-state index contributed by atoms with van der Waals surface area (Å²) in [5.41, 5.74) is 1.13. The molecule has 0 aliphatic carbocycles. The number of thiazole rings is 1. The van der Waals surface area contributed by atoms with E-state index >= 15 is 0 Å². The molecule has 0 fully saturated rings. The molecule has 2 unspecified atom stereocenters. The predicted molar refractivity (Wildman–Crippen MR) is 93.5 cm³/mol. The molecule has 2 atom stereocenters. The molecule has 1 heterocycles. The maximum absolute atomic E-state index is 12.5. The Balaban J connectivity index is 0.00000312. The van der Waals surface area contributed by atoms with E-state index < -0.39 is 17.3 Å². The summed E-state index contributed by atoms with van der Waals surface area (Å²) in [4.78, 5) is 3.45. The fourth-order valence-electron chi connectivity index (χ4n) is 2.17. The molecular formula is C16H20ClF3N2O2S. The number of rotatable bonds is 7. The van der Waals surface area contributed by atoms with Gasteiger partial charge in [0.2, 0.25) is 0 Å². The zero-order valence-electron chi connectivity index (χ0n) is 13.7. The third-order valence-corrected chi connectivity index (χ3v) is 4.37. The number of nitrogens with zero attached hydrogens (tertiary/aromatic N) is 1. The molecule has 2 aromatic rings.